The van der Waals surface area contributed by atoms with Crippen LogP contribution in [0.5, 0.6) is 0 Å². The molecule has 1 aliphatic rings. The second-order valence-corrected chi connectivity index (χ2v) is 5.29. The quantitative estimate of drug-likeness (QED) is 0.841. The van der Waals surface area contributed by atoms with E-state index in [2.05, 4.69) is 27.7 Å². The van der Waals surface area contributed by atoms with Crippen molar-refractivity contribution >= 4 is 0 Å². The van der Waals surface area contributed by atoms with Crippen LogP contribution in [0.2, 0.25) is 0 Å². The summed E-state index contributed by atoms with van der Waals surface area (Å²) in [6.45, 7) is 5.86. The molecule has 1 fully saturated rings. The number of hydrogen-bond donors (Lipinski definition) is 1. The molecule has 1 saturated heterocycles. The third-order valence-electron chi connectivity index (χ3n) is 4.00. The highest BCUT2D eigenvalue weighted by molar-refractivity contribution is 5.01. The number of nitrogens with zero attached hydrogens (tertiary/aromatic N) is 3. The van der Waals surface area contributed by atoms with Gasteiger partial charge in [0, 0.05) is 45.5 Å². The molecule has 2 atom stereocenters. The smallest absolute Gasteiger partial charge is 0.0599 e. The van der Waals surface area contributed by atoms with Crippen LogP contribution in [0.4, 0.5) is 0 Å². The molecule has 1 aromatic rings. The molecule has 2 N–H and O–H groups in total. The summed E-state index contributed by atoms with van der Waals surface area (Å²) in [4.78, 5) is 2.47. The van der Waals surface area contributed by atoms with Gasteiger partial charge in [-0.05, 0) is 25.3 Å². The molecular weight excluding hydrogens is 240 g/mol. The molecule has 1 aromatic heterocycles. The van der Waals surface area contributed by atoms with Crippen LogP contribution in [-0.2, 0) is 17.8 Å². The number of aromatic nitrogens is 2. The van der Waals surface area contributed by atoms with Crippen LogP contribution < -0.4 is 5.73 Å². The Bertz CT molecular complexity index is 379. The number of aryl methyl sites for hydroxylation is 1. The van der Waals surface area contributed by atoms with Crippen molar-refractivity contribution in [3.63, 3.8) is 0 Å². The first-order chi connectivity index (χ1) is 9.28. The molecule has 0 amide bonds. The highest BCUT2D eigenvalue weighted by Crippen LogP contribution is 2.21. The van der Waals surface area contributed by atoms with E-state index >= 15 is 0 Å². The highest BCUT2D eigenvalue weighted by Gasteiger charge is 2.27. The number of hydrogen-bond acceptors (Lipinski definition) is 4. The normalized spacial score (nSPS) is 24.8. The van der Waals surface area contributed by atoms with Gasteiger partial charge in [0.2, 0.25) is 0 Å². The third-order valence-corrected chi connectivity index (χ3v) is 4.00. The van der Waals surface area contributed by atoms with Gasteiger partial charge in [-0.15, -0.1) is 0 Å². The monoisotopic (exact) mass is 266 g/mol. The Morgan fingerprint density at radius 2 is 2.37 bits per heavy atom. The number of likely N-dealkylation sites (tertiary alicyclic amines) is 1. The Hall–Kier alpha value is -0.910. The van der Waals surface area contributed by atoms with E-state index in [0.29, 0.717) is 18.7 Å². The molecule has 2 rings (SSSR count). The van der Waals surface area contributed by atoms with Gasteiger partial charge in [-0.3, -0.25) is 9.58 Å². The molecule has 19 heavy (non-hydrogen) atoms. The van der Waals surface area contributed by atoms with Crippen molar-refractivity contribution in [1.82, 2.24) is 14.7 Å². The van der Waals surface area contributed by atoms with E-state index in [0.717, 1.165) is 38.9 Å². The molecule has 1 aliphatic heterocycles. The summed E-state index contributed by atoms with van der Waals surface area (Å²) in [6.07, 6.45) is 5.50. The summed E-state index contributed by atoms with van der Waals surface area (Å²) >= 11 is 0. The zero-order valence-electron chi connectivity index (χ0n) is 12.1. The molecule has 0 aromatic carbocycles. The summed E-state index contributed by atoms with van der Waals surface area (Å²) in [7, 11) is 1.80. The molecule has 5 heteroatoms. The Morgan fingerprint density at radius 1 is 1.53 bits per heavy atom. The summed E-state index contributed by atoms with van der Waals surface area (Å²) in [5, 5.41) is 4.39. The number of nitrogens with two attached hydrogens (primary N) is 1. The molecule has 0 spiro atoms. The highest BCUT2D eigenvalue weighted by atomic mass is 16.5. The van der Waals surface area contributed by atoms with Crippen LogP contribution in [0.15, 0.2) is 12.3 Å². The molecular formula is C14H26N4O. The van der Waals surface area contributed by atoms with Crippen molar-refractivity contribution in [2.75, 3.05) is 20.2 Å². The minimum atomic E-state index is 0.366. The Balaban J connectivity index is 1.99. The molecule has 0 bridgehead atoms. The van der Waals surface area contributed by atoms with Crippen molar-refractivity contribution < 1.29 is 4.74 Å². The van der Waals surface area contributed by atoms with Gasteiger partial charge in [-0.25, -0.2) is 0 Å². The van der Waals surface area contributed by atoms with Gasteiger partial charge < -0.3 is 10.5 Å². The van der Waals surface area contributed by atoms with E-state index in [1.54, 1.807) is 7.11 Å². The Labute approximate surface area is 115 Å². The molecule has 0 aliphatic carbocycles. The van der Waals surface area contributed by atoms with E-state index in [1.807, 2.05) is 6.20 Å². The largest absolute Gasteiger partial charge is 0.381 e. The lowest BCUT2D eigenvalue weighted by molar-refractivity contribution is 0.00930. The van der Waals surface area contributed by atoms with Crippen molar-refractivity contribution in [3.05, 3.63) is 18.0 Å². The SMILES string of the molecule is CCCn1nccc1CN1CCC(OC)CC1CN. The van der Waals surface area contributed by atoms with Crippen LogP contribution in [0.3, 0.4) is 0 Å². The van der Waals surface area contributed by atoms with Gasteiger partial charge in [-0.1, -0.05) is 6.92 Å². The minimum absolute atomic E-state index is 0.366. The summed E-state index contributed by atoms with van der Waals surface area (Å²) in [5.74, 6) is 0. The fourth-order valence-electron chi connectivity index (χ4n) is 2.85. The molecule has 2 heterocycles. The van der Waals surface area contributed by atoms with Crippen molar-refractivity contribution in [2.24, 2.45) is 5.73 Å². The fourth-order valence-corrected chi connectivity index (χ4v) is 2.85. The van der Waals surface area contributed by atoms with E-state index in [-0.39, 0.29) is 0 Å². The zero-order valence-corrected chi connectivity index (χ0v) is 12.1. The van der Waals surface area contributed by atoms with E-state index in [1.165, 1.54) is 5.69 Å². The van der Waals surface area contributed by atoms with Crippen LogP contribution in [0.25, 0.3) is 0 Å². The molecule has 2 unspecified atom stereocenters. The van der Waals surface area contributed by atoms with Gasteiger partial charge in [0.15, 0.2) is 0 Å². The second-order valence-electron chi connectivity index (χ2n) is 5.29. The van der Waals surface area contributed by atoms with Crippen LogP contribution in [0, 0.1) is 0 Å². The fraction of sp³-hybridized carbons (Fsp3) is 0.786. The molecule has 108 valence electrons. The number of piperidine rings is 1. The minimum Gasteiger partial charge on any atom is -0.381 e. The Morgan fingerprint density at radius 3 is 3.05 bits per heavy atom. The molecule has 0 radical (unpaired) electrons. The van der Waals surface area contributed by atoms with Crippen LogP contribution in [-0.4, -0.2) is 47.0 Å². The first kappa shape index (κ1) is 14.5. The average molecular weight is 266 g/mol. The number of methoxy groups -OCH3 is 1. The Kier molecular flexibility index (Phi) is 5.36. The van der Waals surface area contributed by atoms with Crippen LogP contribution >= 0.6 is 0 Å². The molecule has 0 saturated carbocycles. The predicted octanol–water partition coefficient (Wildman–Crippen LogP) is 1.23. The van der Waals surface area contributed by atoms with Gasteiger partial charge in [-0.2, -0.15) is 5.10 Å². The van der Waals surface area contributed by atoms with E-state index < -0.39 is 0 Å². The lowest BCUT2D eigenvalue weighted by Gasteiger charge is -2.38. The van der Waals surface area contributed by atoms with E-state index in [9.17, 15) is 0 Å². The van der Waals surface area contributed by atoms with E-state index in [4.69, 9.17) is 10.5 Å². The first-order valence-electron chi connectivity index (χ1n) is 7.26. The summed E-state index contributed by atoms with van der Waals surface area (Å²) in [5.41, 5.74) is 7.20. The number of rotatable bonds is 6. The maximum atomic E-state index is 5.92. The topological polar surface area (TPSA) is 56.3 Å². The maximum Gasteiger partial charge on any atom is 0.0599 e. The predicted molar refractivity (Wildman–Crippen MR) is 75.8 cm³/mol. The zero-order chi connectivity index (χ0) is 13.7. The second kappa shape index (κ2) is 7.03. The first-order valence-corrected chi connectivity index (χ1v) is 7.26. The van der Waals surface area contributed by atoms with Crippen molar-refractivity contribution in [2.45, 2.75) is 51.4 Å². The van der Waals surface area contributed by atoms with Gasteiger partial charge >= 0.3 is 0 Å². The van der Waals surface area contributed by atoms with Gasteiger partial charge in [0.25, 0.3) is 0 Å². The maximum absolute atomic E-state index is 5.92. The average Bonchev–Trinajstić information content (AvgIpc) is 2.87. The molecule has 5 nitrogen and oxygen atoms in total. The summed E-state index contributed by atoms with van der Waals surface area (Å²) in [6, 6.07) is 2.54. The third kappa shape index (κ3) is 3.55. The standard InChI is InChI=1S/C14H26N4O/c1-3-7-18-12(4-6-16-18)11-17-8-5-14(19-2)9-13(17)10-15/h4,6,13-14H,3,5,7-11,15H2,1-2H3. The van der Waals surface area contributed by atoms with Gasteiger partial charge in [0.05, 0.1) is 11.8 Å². The van der Waals surface area contributed by atoms with Gasteiger partial charge in [0.1, 0.15) is 0 Å². The van der Waals surface area contributed by atoms with Crippen molar-refractivity contribution in [1.29, 1.82) is 0 Å². The van der Waals surface area contributed by atoms with Crippen molar-refractivity contribution in [3.8, 4) is 0 Å². The number of ether oxygens (including phenoxy) is 1. The summed E-state index contributed by atoms with van der Waals surface area (Å²) < 4.78 is 7.58. The van der Waals surface area contributed by atoms with Crippen LogP contribution in [0.1, 0.15) is 31.9 Å². The lowest BCUT2D eigenvalue weighted by atomic mass is 9.99. The lowest BCUT2D eigenvalue weighted by Crippen LogP contribution is -2.48.